The van der Waals surface area contributed by atoms with Gasteiger partial charge < -0.3 is 15.3 Å². The molecule has 0 saturated carbocycles. The number of benzene rings is 2. The molecule has 25 heavy (non-hydrogen) atoms. The minimum atomic E-state index is -4.46. The minimum Gasteiger partial charge on any atom is -0.383 e. The number of aromatic amines is 2. The number of aromatic nitrogens is 2. The van der Waals surface area contributed by atoms with Crippen LogP contribution in [-0.4, -0.2) is 23.1 Å². The number of fused-ring (bicyclic) bond motifs is 1. The van der Waals surface area contributed by atoms with Gasteiger partial charge in [0, 0.05) is 12.2 Å². The maximum atomic E-state index is 12.8. The van der Waals surface area contributed by atoms with Crippen molar-refractivity contribution in [1.82, 2.24) is 9.97 Å². The largest absolute Gasteiger partial charge is 0.418 e. The van der Waals surface area contributed by atoms with Crippen molar-refractivity contribution in [2.75, 3.05) is 18.4 Å². The first-order chi connectivity index (χ1) is 11.9. The molecule has 0 spiro atoms. The molecule has 130 valence electrons. The predicted octanol–water partition coefficient (Wildman–Crippen LogP) is 4.07. The van der Waals surface area contributed by atoms with E-state index in [0.29, 0.717) is 17.6 Å². The monoisotopic (exact) mass is 349 g/mol. The van der Waals surface area contributed by atoms with E-state index < -0.39 is 11.7 Å². The lowest BCUT2D eigenvalue weighted by Gasteiger charge is -2.08. The number of H-pyrrole nitrogens is 2. The van der Waals surface area contributed by atoms with Crippen LogP contribution in [0.2, 0.25) is 0 Å². The summed E-state index contributed by atoms with van der Waals surface area (Å²) in [6.07, 6.45) is -4.46. The van der Waals surface area contributed by atoms with Crippen LogP contribution in [0.3, 0.4) is 0 Å². The highest BCUT2D eigenvalue weighted by atomic mass is 19.4. The Morgan fingerprint density at radius 1 is 1.04 bits per heavy atom. The first-order valence-corrected chi connectivity index (χ1v) is 7.43. The van der Waals surface area contributed by atoms with Gasteiger partial charge in [0.25, 0.3) is 0 Å². The summed E-state index contributed by atoms with van der Waals surface area (Å²) in [5.41, 5.74) is 0.808. The fourth-order valence-electron chi connectivity index (χ4n) is 2.32. The number of halogens is 3. The van der Waals surface area contributed by atoms with E-state index in [9.17, 15) is 18.0 Å². The van der Waals surface area contributed by atoms with Crippen molar-refractivity contribution in [1.29, 1.82) is 0 Å². The van der Waals surface area contributed by atoms with Crippen LogP contribution in [0.5, 0.6) is 0 Å². The molecule has 0 aliphatic carbocycles. The number of rotatable bonds is 5. The molecule has 2 aromatic carbocycles. The summed E-state index contributed by atoms with van der Waals surface area (Å²) in [7, 11) is 0. The molecule has 0 radical (unpaired) electrons. The molecule has 0 saturated heterocycles. The van der Waals surface area contributed by atoms with Crippen molar-refractivity contribution in [2.24, 2.45) is 10.2 Å². The Balaban J connectivity index is 1.59. The zero-order valence-corrected chi connectivity index (χ0v) is 12.9. The number of hydrogen-bond acceptors (Lipinski definition) is 4. The van der Waals surface area contributed by atoms with Crippen LogP contribution in [0.1, 0.15) is 5.56 Å². The fourth-order valence-corrected chi connectivity index (χ4v) is 2.32. The number of hydrogen-bond donors (Lipinski definition) is 3. The van der Waals surface area contributed by atoms with E-state index in [1.807, 2.05) is 0 Å². The van der Waals surface area contributed by atoms with E-state index >= 15 is 0 Å². The molecule has 0 amide bonds. The fraction of sp³-hybridized carbons (Fsp3) is 0.188. The van der Waals surface area contributed by atoms with Crippen LogP contribution in [-0.2, 0) is 6.18 Å². The summed E-state index contributed by atoms with van der Waals surface area (Å²) in [6, 6.07) is 10.3. The summed E-state index contributed by atoms with van der Waals surface area (Å²) in [5, 5.41) is 10.5. The third-order valence-electron chi connectivity index (χ3n) is 3.44. The van der Waals surface area contributed by atoms with Gasteiger partial charge in [-0.1, -0.05) is 12.1 Å². The van der Waals surface area contributed by atoms with E-state index in [1.165, 1.54) is 18.2 Å². The summed E-state index contributed by atoms with van der Waals surface area (Å²) < 4.78 is 38.5. The molecular formula is C16H14F3N5O. The van der Waals surface area contributed by atoms with Crippen molar-refractivity contribution in [3.05, 3.63) is 58.5 Å². The first-order valence-electron chi connectivity index (χ1n) is 7.43. The van der Waals surface area contributed by atoms with Crippen LogP contribution < -0.4 is 11.0 Å². The van der Waals surface area contributed by atoms with Gasteiger partial charge in [0.1, 0.15) is 0 Å². The van der Waals surface area contributed by atoms with E-state index in [1.54, 1.807) is 18.2 Å². The molecular weight excluding hydrogens is 335 g/mol. The number of anilines is 1. The molecule has 0 aliphatic heterocycles. The van der Waals surface area contributed by atoms with Crippen molar-refractivity contribution in [3.63, 3.8) is 0 Å². The second-order valence-electron chi connectivity index (χ2n) is 5.25. The molecule has 1 aromatic heterocycles. The number of azo groups is 1. The van der Waals surface area contributed by atoms with Crippen LogP contribution >= 0.6 is 0 Å². The normalized spacial score (nSPS) is 12.1. The number of alkyl halides is 3. The van der Waals surface area contributed by atoms with Gasteiger partial charge in [0.15, 0.2) is 0 Å². The second-order valence-corrected chi connectivity index (χ2v) is 5.25. The maximum absolute atomic E-state index is 12.8. The van der Waals surface area contributed by atoms with Gasteiger partial charge >= 0.3 is 11.9 Å². The zero-order chi connectivity index (χ0) is 17.9. The molecule has 3 rings (SSSR count). The molecule has 0 fully saturated rings. The number of imidazole rings is 1. The standard InChI is InChI=1S/C16H14F3N5O/c17-16(18,19)11-3-1-2-4-12(11)24-21-8-7-20-10-5-6-13-14(9-10)23-15(25)22-13/h1-6,9,20H,7-8H2,(H2,22,23,25). The summed E-state index contributed by atoms with van der Waals surface area (Å²) >= 11 is 0. The van der Waals surface area contributed by atoms with Crippen LogP contribution in [0.4, 0.5) is 24.5 Å². The number of nitrogens with zero attached hydrogens (tertiary/aromatic N) is 2. The second kappa shape index (κ2) is 6.80. The van der Waals surface area contributed by atoms with Gasteiger partial charge in [-0.25, -0.2) is 4.79 Å². The molecule has 3 aromatic rings. The minimum absolute atomic E-state index is 0.202. The van der Waals surface area contributed by atoms with Gasteiger partial charge in [-0.05, 0) is 30.3 Å². The van der Waals surface area contributed by atoms with Crippen molar-refractivity contribution >= 4 is 22.4 Å². The van der Waals surface area contributed by atoms with Crippen molar-refractivity contribution in [2.45, 2.75) is 6.18 Å². The summed E-state index contributed by atoms with van der Waals surface area (Å²) in [4.78, 5) is 16.5. The quantitative estimate of drug-likeness (QED) is 0.479. The van der Waals surface area contributed by atoms with Gasteiger partial charge in [-0.3, -0.25) is 0 Å². The molecule has 1 heterocycles. The molecule has 0 bridgehead atoms. The van der Waals surface area contributed by atoms with Crippen LogP contribution in [0.15, 0.2) is 57.5 Å². The van der Waals surface area contributed by atoms with E-state index in [4.69, 9.17) is 0 Å². The lowest BCUT2D eigenvalue weighted by atomic mass is 10.2. The van der Waals surface area contributed by atoms with E-state index in [-0.39, 0.29) is 17.9 Å². The maximum Gasteiger partial charge on any atom is 0.418 e. The summed E-state index contributed by atoms with van der Waals surface area (Å²) in [5.74, 6) is 0. The molecule has 0 unspecified atom stereocenters. The molecule has 6 nitrogen and oxygen atoms in total. The molecule has 3 N–H and O–H groups in total. The van der Waals surface area contributed by atoms with Crippen molar-refractivity contribution < 1.29 is 13.2 Å². The topological polar surface area (TPSA) is 85.4 Å². The van der Waals surface area contributed by atoms with Gasteiger partial charge in [0.05, 0.1) is 28.8 Å². The van der Waals surface area contributed by atoms with Gasteiger partial charge in [-0.2, -0.15) is 23.4 Å². The first kappa shape index (κ1) is 16.7. The smallest absolute Gasteiger partial charge is 0.383 e. The SMILES string of the molecule is O=c1[nH]c2ccc(NCCN=Nc3ccccc3C(F)(F)F)cc2[nH]1. The average Bonchev–Trinajstić information content (AvgIpc) is 2.93. The Labute approximate surface area is 139 Å². The Kier molecular flexibility index (Phi) is 4.55. The Morgan fingerprint density at radius 2 is 1.80 bits per heavy atom. The lowest BCUT2D eigenvalue weighted by Crippen LogP contribution is -2.05. The lowest BCUT2D eigenvalue weighted by molar-refractivity contribution is -0.137. The van der Waals surface area contributed by atoms with E-state index in [0.717, 1.165) is 11.8 Å². The Hall–Kier alpha value is -3.10. The highest BCUT2D eigenvalue weighted by Gasteiger charge is 2.33. The van der Waals surface area contributed by atoms with Crippen LogP contribution in [0.25, 0.3) is 11.0 Å². The van der Waals surface area contributed by atoms with Crippen molar-refractivity contribution in [3.8, 4) is 0 Å². The van der Waals surface area contributed by atoms with Crippen LogP contribution in [0, 0.1) is 0 Å². The molecule has 0 atom stereocenters. The van der Waals surface area contributed by atoms with Gasteiger partial charge in [-0.15, -0.1) is 0 Å². The zero-order valence-electron chi connectivity index (χ0n) is 12.9. The highest BCUT2D eigenvalue weighted by Crippen LogP contribution is 2.36. The van der Waals surface area contributed by atoms with Gasteiger partial charge in [0.2, 0.25) is 0 Å². The third kappa shape index (κ3) is 4.06. The average molecular weight is 349 g/mol. The predicted molar refractivity (Wildman–Crippen MR) is 88.2 cm³/mol. The number of nitrogens with one attached hydrogen (secondary N) is 3. The van der Waals surface area contributed by atoms with E-state index in [2.05, 4.69) is 25.5 Å². The Bertz CT molecular complexity index is 958. The molecule has 9 heteroatoms. The summed E-state index contributed by atoms with van der Waals surface area (Å²) in [6.45, 7) is 0.589. The highest BCUT2D eigenvalue weighted by molar-refractivity contribution is 5.78. The Morgan fingerprint density at radius 3 is 2.60 bits per heavy atom. The molecule has 0 aliphatic rings. The third-order valence-corrected chi connectivity index (χ3v) is 3.44.